The lowest BCUT2D eigenvalue weighted by Gasteiger charge is -2.26. The smallest absolute Gasteiger partial charge is 0.457 e. The Hall–Kier alpha value is -2.68. The van der Waals surface area contributed by atoms with E-state index >= 15 is 0 Å². The summed E-state index contributed by atoms with van der Waals surface area (Å²) in [5.74, 6) is -4.96. The van der Waals surface area contributed by atoms with Crippen molar-refractivity contribution in [1.82, 2.24) is 14.8 Å². The van der Waals surface area contributed by atoms with Gasteiger partial charge in [-0.25, -0.2) is 9.67 Å². The first kappa shape index (κ1) is 20.1. The molecule has 148 valence electrons. The Morgan fingerprint density at radius 2 is 1.71 bits per heavy atom. The fourth-order valence-electron chi connectivity index (χ4n) is 2.33. The molecule has 0 amide bonds. The normalized spacial score (nSPS) is 13.4. The molecule has 0 aliphatic carbocycles. The first-order valence-corrected chi connectivity index (χ1v) is 8.35. The Bertz CT molecular complexity index is 959. The molecule has 0 N–H and O–H groups in total. The van der Waals surface area contributed by atoms with Gasteiger partial charge in [0.2, 0.25) is 0 Å². The molecule has 1 unspecified atom stereocenters. The third kappa shape index (κ3) is 3.94. The molecule has 0 fully saturated rings. The summed E-state index contributed by atoms with van der Waals surface area (Å²) < 4.78 is 70.6. The summed E-state index contributed by atoms with van der Waals surface area (Å²) in [7, 11) is 0. The summed E-state index contributed by atoms with van der Waals surface area (Å²) in [5, 5.41) is 4.15. The van der Waals surface area contributed by atoms with E-state index in [4.69, 9.17) is 16.3 Å². The van der Waals surface area contributed by atoms with E-state index in [0.29, 0.717) is 18.4 Å². The number of benzene rings is 2. The highest BCUT2D eigenvalue weighted by Gasteiger charge is 2.62. The number of aromatic nitrogens is 3. The Morgan fingerprint density at radius 3 is 2.36 bits per heavy atom. The second-order valence-corrected chi connectivity index (χ2v) is 6.28. The molecule has 3 aromatic rings. The number of alkyl halides is 5. The van der Waals surface area contributed by atoms with Gasteiger partial charge in [0, 0.05) is 11.6 Å². The zero-order valence-corrected chi connectivity index (χ0v) is 15.0. The number of ether oxygens (including phenoxy) is 1. The van der Waals surface area contributed by atoms with Gasteiger partial charge < -0.3 is 4.74 Å². The van der Waals surface area contributed by atoms with Crippen LogP contribution in [0.1, 0.15) is 6.92 Å². The van der Waals surface area contributed by atoms with Gasteiger partial charge in [-0.2, -0.15) is 22.0 Å². The van der Waals surface area contributed by atoms with E-state index in [0.717, 1.165) is 5.56 Å². The maximum absolute atomic E-state index is 13.4. The Labute approximate surface area is 161 Å². The fourth-order valence-corrected chi connectivity index (χ4v) is 2.49. The van der Waals surface area contributed by atoms with Crippen LogP contribution >= 0.6 is 11.6 Å². The average molecular weight is 418 g/mol. The second-order valence-electron chi connectivity index (χ2n) is 5.87. The lowest BCUT2D eigenvalue weighted by atomic mass is 10.2. The van der Waals surface area contributed by atoms with Crippen LogP contribution < -0.4 is 4.74 Å². The number of hydrogen-bond donors (Lipinski definition) is 0. The van der Waals surface area contributed by atoms with Crippen molar-refractivity contribution in [3.05, 3.63) is 59.9 Å². The summed E-state index contributed by atoms with van der Waals surface area (Å²) in [6.45, 7) is 0.624. The van der Waals surface area contributed by atoms with Gasteiger partial charge in [0.05, 0.1) is 10.7 Å². The lowest BCUT2D eigenvalue weighted by Crippen LogP contribution is -2.48. The van der Waals surface area contributed by atoms with Crippen LogP contribution in [0.3, 0.4) is 0 Å². The van der Waals surface area contributed by atoms with E-state index in [-0.39, 0.29) is 10.8 Å². The number of halogens is 6. The van der Waals surface area contributed by atoms with Gasteiger partial charge in [0.15, 0.2) is 11.9 Å². The number of hydrogen-bond acceptors (Lipinski definition) is 3. The van der Waals surface area contributed by atoms with Crippen molar-refractivity contribution in [2.24, 2.45) is 0 Å². The summed E-state index contributed by atoms with van der Waals surface area (Å²) in [4.78, 5) is 4.16. The van der Waals surface area contributed by atoms with Gasteiger partial charge in [-0.15, -0.1) is 5.10 Å². The van der Waals surface area contributed by atoms with Gasteiger partial charge >= 0.3 is 12.1 Å². The highest BCUT2D eigenvalue weighted by Crippen LogP contribution is 2.40. The molecule has 0 saturated heterocycles. The zero-order chi connectivity index (χ0) is 20.5. The largest absolute Gasteiger partial charge is 0.482 e. The first-order chi connectivity index (χ1) is 13.1. The first-order valence-electron chi connectivity index (χ1n) is 7.98. The molecular weight excluding hydrogens is 405 g/mol. The molecule has 0 spiro atoms. The molecule has 10 heteroatoms. The summed E-state index contributed by atoms with van der Waals surface area (Å²) in [6.07, 6.45) is -6.84. The van der Waals surface area contributed by atoms with E-state index in [1.54, 1.807) is 12.1 Å². The minimum atomic E-state index is -5.74. The van der Waals surface area contributed by atoms with Crippen LogP contribution in [0.5, 0.6) is 5.75 Å². The van der Waals surface area contributed by atoms with Crippen molar-refractivity contribution in [3.63, 3.8) is 0 Å². The highest BCUT2D eigenvalue weighted by atomic mass is 35.5. The van der Waals surface area contributed by atoms with Crippen molar-refractivity contribution >= 4 is 11.6 Å². The van der Waals surface area contributed by atoms with Gasteiger partial charge in [0.1, 0.15) is 12.1 Å². The van der Waals surface area contributed by atoms with Crippen LogP contribution in [-0.2, 0) is 0 Å². The van der Waals surface area contributed by atoms with Crippen LogP contribution in [0.4, 0.5) is 22.0 Å². The third-order valence-corrected chi connectivity index (χ3v) is 4.21. The van der Waals surface area contributed by atoms with Gasteiger partial charge in [0.25, 0.3) is 0 Å². The summed E-state index contributed by atoms with van der Waals surface area (Å²) in [6, 6.07) is 13.1. The van der Waals surface area contributed by atoms with Gasteiger partial charge in [-0.1, -0.05) is 41.9 Å². The Kier molecular flexibility index (Phi) is 5.29. The number of nitrogens with zero attached hydrogens (tertiary/aromatic N) is 3. The van der Waals surface area contributed by atoms with Gasteiger partial charge in [-0.05, 0) is 19.1 Å². The van der Waals surface area contributed by atoms with Crippen LogP contribution in [0.25, 0.3) is 17.1 Å². The lowest BCUT2D eigenvalue weighted by molar-refractivity contribution is -0.306. The maximum atomic E-state index is 13.4. The Morgan fingerprint density at radius 1 is 1.04 bits per heavy atom. The monoisotopic (exact) mass is 417 g/mol. The highest BCUT2D eigenvalue weighted by molar-refractivity contribution is 6.32. The van der Waals surface area contributed by atoms with Crippen LogP contribution in [0.2, 0.25) is 5.02 Å². The molecule has 2 aromatic carbocycles. The van der Waals surface area contributed by atoms with E-state index in [1.807, 2.05) is 18.2 Å². The molecule has 4 nitrogen and oxygen atoms in total. The molecule has 1 aromatic heterocycles. The van der Waals surface area contributed by atoms with Gasteiger partial charge in [-0.3, -0.25) is 0 Å². The zero-order valence-electron chi connectivity index (χ0n) is 14.3. The molecule has 0 bridgehead atoms. The SMILES string of the molecule is CC(Oc1cc(-n2cnc(-c3ccccc3)n2)ccc1Cl)C(F)(F)C(F)(F)F. The molecule has 3 rings (SSSR count). The molecule has 28 heavy (non-hydrogen) atoms. The van der Waals surface area contributed by atoms with Crippen molar-refractivity contribution in [1.29, 1.82) is 0 Å². The standard InChI is InChI=1S/C18H13ClF5N3O/c1-11(17(20,21)18(22,23)24)28-15-9-13(7-8-14(15)19)27-10-25-16(26-27)12-5-3-2-4-6-12/h2-11H,1H3. The molecule has 0 aliphatic heterocycles. The summed E-state index contributed by atoms with van der Waals surface area (Å²) >= 11 is 5.90. The molecule has 0 saturated carbocycles. The minimum Gasteiger partial charge on any atom is -0.482 e. The molecule has 1 heterocycles. The minimum absolute atomic E-state index is 0.114. The second kappa shape index (κ2) is 7.38. The maximum Gasteiger partial charge on any atom is 0.457 e. The summed E-state index contributed by atoms with van der Waals surface area (Å²) in [5.41, 5.74) is 1.08. The van der Waals surface area contributed by atoms with E-state index < -0.39 is 18.2 Å². The van der Waals surface area contributed by atoms with Crippen molar-refractivity contribution in [3.8, 4) is 22.8 Å². The topological polar surface area (TPSA) is 39.9 Å². The molecule has 0 radical (unpaired) electrons. The van der Waals surface area contributed by atoms with E-state index in [9.17, 15) is 22.0 Å². The van der Waals surface area contributed by atoms with Crippen LogP contribution in [-0.4, -0.2) is 33.0 Å². The van der Waals surface area contributed by atoms with Crippen molar-refractivity contribution in [2.75, 3.05) is 0 Å². The number of rotatable bonds is 5. The predicted octanol–water partition coefficient (Wildman–Crippen LogP) is 5.55. The quantitative estimate of drug-likeness (QED) is 0.511. The molecule has 1 atom stereocenters. The third-order valence-electron chi connectivity index (χ3n) is 3.90. The van der Waals surface area contributed by atoms with Crippen molar-refractivity contribution in [2.45, 2.75) is 25.1 Å². The fraction of sp³-hybridized carbons (Fsp3) is 0.222. The van der Waals surface area contributed by atoms with Crippen LogP contribution in [0, 0.1) is 0 Å². The van der Waals surface area contributed by atoms with E-state index in [1.165, 1.54) is 29.2 Å². The predicted molar refractivity (Wildman–Crippen MR) is 92.9 cm³/mol. The molecule has 0 aliphatic rings. The van der Waals surface area contributed by atoms with Crippen LogP contribution in [0.15, 0.2) is 54.9 Å². The Balaban J connectivity index is 1.87. The average Bonchev–Trinajstić information content (AvgIpc) is 3.13. The molecular formula is C18H13ClF5N3O. The van der Waals surface area contributed by atoms with Crippen molar-refractivity contribution < 1.29 is 26.7 Å². The van der Waals surface area contributed by atoms with E-state index in [2.05, 4.69) is 10.1 Å².